The van der Waals surface area contributed by atoms with Crippen LogP contribution in [0.3, 0.4) is 0 Å². The molecule has 4 heteroatoms. The molecule has 0 amide bonds. The van der Waals surface area contributed by atoms with E-state index in [9.17, 15) is 0 Å². The molecule has 0 heterocycles. The van der Waals surface area contributed by atoms with E-state index in [4.69, 9.17) is 33.8 Å². The van der Waals surface area contributed by atoms with Gasteiger partial charge in [-0.25, -0.2) is 0 Å². The summed E-state index contributed by atoms with van der Waals surface area (Å²) in [4.78, 5) is 0. The average molecular weight is 261 g/mol. The van der Waals surface area contributed by atoms with Crippen LogP contribution in [0.2, 0.25) is 5.02 Å². The molecular weight excluding hydrogens is 248 g/mol. The molecule has 1 fully saturated rings. The molecule has 0 saturated heterocycles. The largest absolute Gasteiger partial charge is 0.487 e. The maximum absolute atomic E-state index is 8.84. The van der Waals surface area contributed by atoms with Crippen LogP contribution in [-0.2, 0) is 0 Å². The van der Waals surface area contributed by atoms with Crippen molar-refractivity contribution in [1.29, 1.82) is 5.26 Å². The molecule has 2 atom stereocenters. The lowest BCUT2D eigenvalue weighted by Gasteiger charge is -2.19. The third-order valence-electron chi connectivity index (χ3n) is 3.16. The maximum atomic E-state index is 8.84. The van der Waals surface area contributed by atoms with Gasteiger partial charge in [-0.15, -0.1) is 6.42 Å². The van der Waals surface area contributed by atoms with Crippen molar-refractivity contribution in [2.24, 2.45) is 5.92 Å². The number of ether oxygens (including phenoxy) is 1. The summed E-state index contributed by atoms with van der Waals surface area (Å²) < 4.78 is 5.83. The Morgan fingerprint density at radius 2 is 2.22 bits per heavy atom. The van der Waals surface area contributed by atoms with Gasteiger partial charge in [-0.1, -0.05) is 17.5 Å². The lowest BCUT2D eigenvalue weighted by molar-refractivity contribution is 0.185. The molecule has 3 nitrogen and oxygen atoms in total. The molecule has 0 aliphatic heterocycles. The van der Waals surface area contributed by atoms with Gasteiger partial charge in [0, 0.05) is 6.07 Å². The molecule has 2 unspecified atom stereocenters. The number of anilines is 1. The van der Waals surface area contributed by atoms with Gasteiger partial charge in [-0.2, -0.15) is 5.26 Å². The molecule has 92 valence electrons. The number of hydrogen-bond acceptors (Lipinski definition) is 3. The number of rotatable bonds is 2. The summed E-state index contributed by atoms with van der Waals surface area (Å²) in [5.74, 6) is 3.37. The van der Waals surface area contributed by atoms with Crippen LogP contribution in [0, 0.1) is 29.6 Å². The molecule has 18 heavy (non-hydrogen) atoms. The number of nitrogen functional groups attached to an aromatic ring is 1. The number of nitrogens with zero attached hydrogens (tertiary/aromatic N) is 1. The van der Waals surface area contributed by atoms with E-state index in [1.165, 1.54) is 6.07 Å². The van der Waals surface area contributed by atoms with Crippen molar-refractivity contribution >= 4 is 17.3 Å². The lowest BCUT2D eigenvalue weighted by atomic mass is 10.1. The second-order valence-corrected chi connectivity index (χ2v) is 4.75. The standard InChI is InChI=1S/C14H13ClN2O/c1-2-9-4-3-5-13(9)18-14-7-11(15)10(8-16)6-12(14)17/h1,6-7,9,13H,3-5,17H2. The number of hydrogen-bond donors (Lipinski definition) is 1. The molecule has 2 N–H and O–H groups in total. The third kappa shape index (κ3) is 2.37. The maximum Gasteiger partial charge on any atom is 0.144 e. The van der Waals surface area contributed by atoms with E-state index in [2.05, 4.69) is 5.92 Å². The molecule has 2 rings (SSSR count). The van der Waals surface area contributed by atoms with Crippen LogP contribution in [-0.4, -0.2) is 6.10 Å². The Morgan fingerprint density at radius 3 is 2.89 bits per heavy atom. The Morgan fingerprint density at radius 1 is 1.44 bits per heavy atom. The zero-order valence-electron chi connectivity index (χ0n) is 9.82. The van der Waals surface area contributed by atoms with Gasteiger partial charge in [0.25, 0.3) is 0 Å². The van der Waals surface area contributed by atoms with E-state index in [0.29, 0.717) is 22.0 Å². The highest BCUT2D eigenvalue weighted by atomic mass is 35.5. The van der Waals surface area contributed by atoms with Crippen LogP contribution >= 0.6 is 11.6 Å². The zero-order valence-corrected chi connectivity index (χ0v) is 10.6. The summed E-state index contributed by atoms with van der Waals surface area (Å²) in [5.41, 5.74) is 6.61. The van der Waals surface area contributed by atoms with Crippen LogP contribution in [0.1, 0.15) is 24.8 Å². The van der Waals surface area contributed by atoms with Crippen LogP contribution in [0.5, 0.6) is 5.75 Å². The molecule has 1 aromatic carbocycles. The summed E-state index contributed by atoms with van der Waals surface area (Å²) in [5, 5.41) is 9.19. The molecule has 1 aliphatic carbocycles. The van der Waals surface area contributed by atoms with Gasteiger partial charge < -0.3 is 10.5 Å². The number of nitriles is 1. The summed E-state index contributed by atoms with van der Waals surface area (Å²) in [6, 6.07) is 5.09. The molecule has 1 aromatic rings. The third-order valence-corrected chi connectivity index (χ3v) is 3.48. The fourth-order valence-electron chi connectivity index (χ4n) is 2.18. The molecule has 1 saturated carbocycles. The monoisotopic (exact) mass is 260 g/mol. The Balaban J connectivity index is 2.23. The number of benzene rings is 1. The summed E-state index contributed by atoms with van der Waals surface area (Å²) in [7, 11) is 0. The minimum absolute atomic E-state index is 0.0127. The van der Waals surface area contributed by atoms with Crippen LogP contribution in [0.4, 0.5) is 5.69 Å². The fraction of sp³-hybridized carbons (Fsp3) is 0.357. The van der Waals surface area contributed by atoms with Crippen molar-refractivity contribution in [1.82, 2.24) is 0 Å². The first-order chi connectivity index (χ1) is 8.65. The quantitative estimate of drug-likeness (QED) is 0.657. The molecule has 0 radical (unpaired) electrons. The zero-order chi connectivity index (χ0) is 13.1. The van der Waals surface area contributed by atoms with Gasteiger partial charge in [-0.05, 0) is 25.3 Å². The SMILES string of the molecule is C#CC1CCCC1Oc1cc(Cl)c(C#N)cc1N. The first-order valence-corrected chi connectivity index (χ1v) is 6.15. The van der Waals surface area contributed by atoms with Crippen LogP contribution in [0.15, 0.2) is 12.1 Å². The lowest BCUT2D eigenvalue weighted by Crippen LogP contribution is -2.20. The predicted molar refractivity (Wildman–Crippen MR) is 71.2 cm³/mol. The highest BCUT2D eigenvalue weighted by molar-refractivity contribution is 6.32. The second kappa shape index (κ2) is 5.21. The summed E-state index contributed by atoms with van der Waals surface area (Å²) in [6.45, 7) is 0. The van der Waals surface area contributed by atoms with E-state index in [0.717, 1.165) is 19.3 Å². The number of nitrogens with two attached hydrogens (primary N) is 1. The van der Waals surface area contributed by atoms with E-state index in [-0.39, 0.29) is 12.0 Å². The molecular formula is C14H13ClN2O. The van der Waals surface area contributed by atoms with Gasteiger partial charge in [-0.3, -0.25) is 0 Å². The Kier molecular flexibility index (Phi) is 3.65. The van der Waals surface area contributed by atoms with Crippen LogP contribution in [0.25, 0.3) is 0 Å². The van der Waals surface area contributed by atoms with Crippen molar-refractivity contribution < 1.29 is 4.74 Å². The van der Waals surface area contributed by atoms with E-state index < -0.39 is 0 Å². The first kappa shape index (κ1) is 12.6. The molecule has 0 bridgehead atoms. The van der Waals surface area contributed by atoms with Crippen molar-refractivity contribution in [3.63, 3.8) is 0 Å². The van der Waals surface area contributed by atoms with Gasteiger partial charge in [0.2, 0.25) is 0 Å². The highest BCUT2D eigenvalue weighted by Gasteiger charge is 2.28. The minimum atomic E-state index is -0.0127. The van der Waals surface area contributed by atoms with Crippen molar-refractivity contribution in [3.8, 4) is 24.2 Å². The highest BCUT2D eigenvalue weighted by Crippen LogP contribution is 2.34. The molecule has 1 aliphatic rings. The Hall–Kier alpha value is -1.84. The van der Waals surface area contributed by atoms with E-state index >= 15 is 0 Å². The predicted octanol–water partition coefficient (Wildman–Crippen LogP) is 2.97. The Bertz CT molecular complexity index is 542. The fourth-order valence-corrected chi connectivity index (χ4v) is 2.38. The van der Waals surface area contributed by atoms with Gasteiger partial charge in [0.1, 0.15) is 17.9 Å². The van der Waals surface area contributed by atoms with Crippen molar-refractivity contribution in [3.05, 3.63) is 22.7 Å². The van der Waals surface area contributed by atoms with Crippen molar-refractivity contribution in [2.45, 2.75) is 25.4 Å². The topological polar surface area (TPSA) is 59.0 Å². The number of terminal acetylenes is 1. The normalized spacial score (nSPS) is 22.2. The summed E-state index contributed by atoms with van der Waals surface area (Å²) >= 11 is 5.96. The van der Waals surface area contributed by atoms with E-state index in [1.54, 1.807) is 6.07 Å². The van der Waals surface area contributed by atoms with E-state index in [1.807, 2.05) is 6.07 Å². The smallest absolute Gasteiger partial charge is 0.144 e. The average Bonchev–Trinajstić information content (AvgIpc) is 2.80. The number of halogens is 1. The van der Waals surface area contributed by atoms with Crippen molar-refractivity contribution in [2.75, 3.05) is 5.73 Å². The van der Waals surface area contributed by atoms with Gasteiger partial charge in [0.05, 0.1) is 22.2 Å². The van der Waals surface area contributed by atoms with Gasteiger partial charge in [0.15, 0.2) is 0 Å². The second-order valence-electron chi connectivity index (χ2n) is 4.34. The first-order valence-electron chi connectivity index (χ1n) is 5.77. The summed E-state index contributed by atoms with van der Waals surface area (Å²) in [6.07, 6.45) is 8.41. The van der Waals surface area contributed by atoms with Gasteiger partial charge >= 0.3 is 0 Å². The minimum Gasteiger partial charge on any atom is -0.487 e. The Labute approximate surface area is 111 Å². The van der Waals surface area contributed by atoms with Crippen LogP contribution < -0.4 is 10.5 Å². The molecule has 0 spiro atoms. The molecule has 0 aromatic heterocycles.